The van der Waals surface area contributed by atoms with Crippen molar-refractivity contribution in [3.8, 4) is 11.5 Å². The van der Waals surface area contributed by atoms with Crippen molar-refractivity contribution < 1.29 is 14.4 Å². The molecule has 0 unspecified atom stereocenters. The molecule has 0 aliphatic rings. The van der Waals surface area contributed by atoms with E-state index in [4.69, 9.17) is 15.2 Å². The third-order valence-corrected chi connectivity index (χ3v) is 3.14. The summed E-state index contributed by atoms with van der Waals surface area (Å²) in [7, 11) is 3.14. The molecule has 2 rings (SSSR count). The third kappa shape index (κ3) is 3.35. The van der Waals surface area contributed by atoms with E-state index in [9.17, 15) is 10.1 Å². The summed E-state index contributed by atoms with van der Waals surface area (Å²) in [4.78, 5) is 10.2. The minimum atomic E-state index is -0.474. The lowest BCUT2D eigenvalue weighted by Crippen LogP contribution is -1.93. The summed E-state index contributed by atoms with van der Waals surface area (Å²) in [6.45, 7) is 0. The van der Waals surface area contributed by atoms with Crippen LogP contribution in [-0.2, 0) is 0 Å². The fourth-order valence-corrected chi connectivity index (χ4v) is 1.97. The van der Waals surface area contributed by atoms with Gasteiger partial charge >= 0.3 is 0 Å². The number of nitrogens with two attached hydrogens (primary N) is 1. The zero-order valence-electron chi connectivity index (χ0n) is 12.3. The molecule has 2 aromatic rings. The molecule has 0 bridgehead atoms. The standard InChI is InChI=1S/C16H16N2O4/c1-21-15-8-4-11(9-16(15)22-2)3-5-12-6-7-13(18(19)20)10-14(12)17/h3-10H,17H2,1-2H3/b5-3+. The van der Waals surface area contributed by atoms with E-state index in [0.717, 1.165) is 5.56 Å². The molecule has 0 fully saturated rings. The highest BCUT2D eigenvalue weighted by Crippen LogP contribution is 2.28. The van der Waals surface area contributed by atoms with E-state index in [1.54, 1.807) is 32.4 Å². The molecular weight excluding hydrogens is 284 g/mol. The fourth-order valence-electron chi connectivity index (χ4n) is 1.97. The van der Waals surface area contributed by atoms with Gasteiger partial charge in [0.05, 0.1) is 19.1 Å². The van der Waals surface area contributed by atoms with Crippen LogP contribution in [0.25, 0.3) is 12.2 Å². The van der Waals surface area contributed by atoms with Crippen LogP contribution < -0.4 is 15.2 Å². The maximum atomic E-state index is 10.7. The predicted octanol–water partition coefficient (Wildman–Crippen LogP) is 3.36. The molecule has 0 aliphatic carbocycles. The minimum Gasteiger partial charge on any atom is -0.493 e. The number of nitro groups is 1. The lowest BCUT2D eigenvalue weighted by atomic mass is 10.1. The van der Waals surface area contributed by atoms with Crippen molar-refractivity contribution in [2.75, 3.05) is 20.0 Å². The molecule has 0 amide bonds. The van der Waals surface area contributed by atoms with Gasteiger partial charge in [0.15, 0.2) is 11.5 Å². The molecule has 0 aliphatic heterocycles. The SMILES string of the molecule is COc1ccc(/C=C/c2ccc([N+](=O)[O-])cc2N)cc1OC. The van der Waals surface area contributed by atoms with Gasteiger partial charge in [-0.05, 0) is 29.3 Å². The summed E-state index contributed by atoms with van der Waals surface area (Å²) in [5, 5.41) is 10.7. The van der Waals surface area contributed by atoms with Crippen LogP contribution in [0.3, 0.4) is 0 Å². The van der Waals surface area contributed by atoms with E-state index in [1.807, 2.05) is 18.2 Å². The molecule has 0 spiro atoms. The van der Waals surface area contributed by atoms with Crippen LogP contribution in [0.2, 0.25) is 0 Å². The largest absolute Gasteiger partial charge is 0.493 e. The Morgan fingerprint density at radius 1 is 1.05 bits per heavy atom. The van der Waals surface area contributed by atoms with Crippen LogP contribution in [0.5, 0.6) is 11.5 Å². The Morgan fingerprint density at radius 3 is 2.36 bits per heavy atom. The first-order valence-electron chi connectivity index (χ1n) is 6.49. The number of ether oxygens (including phenoxy) is 2. The highest BCUT2D eigenvalue weighted by molar-refractivity contribution is 5.77. The molecule has 2 N–H and O–H groups in total. The molecule has 0 saturated heterocycles. The maximum absolute atomic E-state index is 10.7. The van der Waals surface area contributed by atoms with Crippen molar-refractivity contribution in [3.63, 3.8) is 0 Å². The molecule has 22 heavy (non-hydrogen) atoms. The average Bonchev–Trinajstić information content (AvgIpc) is 2.53. The average molecular weight is 300 g/mol. The summed E-state index contributed by atoms with van der Waals surface area (Å²) < 4.78 is 10.4. The number of nitrogen functional groups attached to an aromatic ring is 1. The van der Waals surface area contributed by atoms with Crippen molar-refractivity contribution in [2.45, 2.75) is 0 Å². The van der Waals surface area contributed by atoms with Gasteiger partial charge in [-0.1, -0.05) is 18.2 Å². The molecular formula is C16H16N2O4. The number of benzene rings is 2. The van der Waals surface area contributed by atoms with Gasteiger partial charge in [0.25, 0.3) is 5.69 Å². The van der Waals surface area contributed by atoms with E-state index in [2.05, 4.69) is 0 Å². The Labute approximate surface area is 127 Å². The molecule has 0 atom stereocenters. The summed E-state index contributed by atoms with van der Waals surface area (Å²) in [5.74, 6) is 1.27. The first-order chi connectivity index (χ1) is 10.5. The molecule has 0 aromatic heterocycles. The van der Waals surface area contributed by atoms with Crippen molar-refractivity contribution in [2.24, 2.45) is 0 Å². The first kappa shape index (κ1) is 15.4. The second-order valence-electron chi connectivity index (χ2n) is 4.52. The van der Waals surface area contributed by atoms with Gasteiger partial charge in [-0.2, -0.15) is 0 Å². The van der Waals surface area contributed by atoms with E-state index in [1.165, 1.54) is 12.1 Å². The normalized spacial score (nSPS) is 10.6. The number of nitro benzene ring substituents is 1. The van der Waals surface area contributed by atoms with E-state index >= 15 is 0 Å². The fraction of sp³-hybridized carbons (Fsp3) is 0.125. The first-order valence-corrected chi connectivity index (χ1v) is 6.49. The number of rotatable bonds is 5. The molecule has 0 heterocycles. The number of non-ortho nitro benzene ring substituents is 1. The molecule has 0 saturated carbocycles. The molecule has 6 heteroatoms. The monoisotopic (exact) mass is 300 g/mol. The maximum Gasteiger partial charge on any atom is 0.271 e. The number of anilines is 1. The van der Waals surface area contributed by atoms with Gasteiger partial charge in [0, 0.05) is 17.8 Å². The highest BCUT2D eigenvalue weighted by Gasteiger charge is 2.07. The second kappa shape index (κ2) is 6.62. The third-order valence-electron chi connectivity index (χ3n) is 3.14. The smallest absolute Gasteiger partial charge is 0.271 e. The van der Waals surface area contributed by atoms with Gasteiger partial charge in [0.1, 0.15) is 0 Å². The predicted molar refractivity (Wildman–Crippen MR) is 86.0 cm³/mol. The number of methoxy groups -OCH3 is 2. The summed E-state index contributed by atoms with van der Waals surface area (Å²) >= 11 is 0. The number of hydrogen-bond acceptors (Lipinski definition) is 5. The van der Waals surface area contributed by atoms with E-state index in [-0.39, 0.29) is 5.69 Å². The van der Waals surface area contributed by atoms with Gasteiger partial charge in [-0.3, -0.25) is 10.1 Å². The van der Waals surface area contributed by atoms with Crippen LogP contribution in [-0.4, -0.2) is 19.1 Å². The minimum absolute atomic E-state index is 0.0271. The Kier molecular flexibility index (Phi) is 4.63. The quantitative estimate of drug-likeness (QED) is 0.396. The van der Waals surface area contributed by atoms with Crippen LogP contribution in [0.15, 0.2) is 36.4 Å². The zero-order chi connectivity index (χ0) is 16.1. The van der Waals surface area contributed by atoms with E-state index < -0.39 is 4.92 Å². The Balaban J connectivity index is 2.27. The van der Waals surface area contributed by atoms with Gasteiger partial charge in [0.2, 0.25) is 0 Å². The molecule has 2 aromatic carbocycles. The highest BCUT2D eigenvalue weighted by atomic mass is 16.6. The molecule has 0 radical (unpaired) electrons. The van der Waals surface area contributed by atoms with Crippen molar-refractivity contribution in [1.29, 1.82) is 0 Å². The van der Waals surface area contributed by atoms with E-state index in [0.29, 0.717) is 22.7 Å². The lowest BCUT2D eigenvalue weighted by molar-refractivity contribution is -0.384. The summed E-state index contributed by atoms with van der Waals surface area (Å²) in [6.07, 6.45) is 3.64. The lowest BCUT2D eigenvalue weighted by Gasteiger charge is -2.07. The van der Waals surface area contributed by atoms with Crippen molar-refractivity contribution >= 4 is 23.5 Å². The molecule has 114 valence electrons. The molecule has 6 nitrogen and oxygen atoms in total. The number of hydrogen-bond donors (Lipinski definition) is 1. The van der Waals surface area contributed by atoms with Crippen LogP contribution >= 0.6 is 0 Å². The van der Waals surface area contributed by atoms with Gasteiger partial charge in [-0.15, -0.1) is 0 Å². The second-order valence-corrected chi connectivity index (χ2v) is 4.52. The van der Waals surface area contributed by atoms with Crippen molar-refractivity contribution in [3.05, 3.63) is 57.6 Å². The van der Waals surface area contributed by atoms with Crippen LogP contribution in [0, 0.1) is 10.1 Å². The topological polar surface area (TPSA) is 87.6 Å². The van der Waals surface area contributed by atoms with Crippen LogP contribution in [0.4, 0.5) is 11.4 Å². The Bertz CT molecular complexity index is 726. The van der Waals surface area contributed by atoms with Gasteiger partial charge < -0.3 is 15.2 Å². The Hall–Kier alpha value is -3.02. The Morgan fingerprint density at radius 2 is 1.77 bits per heavy atom. The zero-order valence-corrected chi connectivity index (χ0v) is 12.3. The van der Waals surface area contributed by atoms with Crippen molar-refractivity contribution in [1.82, 2.24) is 0 Å². The summed E-state index contributed by atoms with van der Waals surface area (Å²) in [6, 6.07) is 9.89. The van der Waals surface area contributed by atoms with Gasteiger partial charge in [-0.25, -0.2) is 0 Å². The summed E-state index contributed by atoms with van der Waals surface area (Å²) in [5.41, 5.74) is 7.76. The number of nitrogens with zero attached hydrogens (tertiary/aromatic N) is 1. The van der Waals surface area contributed by atoms with Crippen LogP contribution in [0.1, 0.15) is 11.1 Å².